The average Bonchev–Trinajstić information content (AvgIpc) is 2.47. The van der Waals surface area contributed by atoms with Crippen molar-refractivity contribution in [3.8, 4) is 11.1 Å². The van der Waals surface area contributed by atoms with Gasteiger partial charge in [-0.2, -0.15) is 0 Å². The summed E-state index contributed by atoms with van der Waals surface area (Å²) in [6, 6.07) is 10.6. The predicted octanol–water partition coefficient (Wildman–Crippen LogP) is 2.32. The van der Waals surface area contributed by atoms with Gasteiger partial charge in [0.15, 0.2) is 0 Å². The van der Waals surface area contributed by atoms with Crippen LogP contribution in [0.15, 0.2) is 42.7 Å². The fraction of sp³-hybridized carbons (Fsp3) is 0.267. The van der Waals surface area contributed by atoms with Gasteiger partial charge in [0, 0.05) is 18.9 Å². The first-order chi connectivity index (χ1) is 8.88. The maximum atomic E-state index is 5.77. The molecule has 0 radical (unpaired) electrons. The molecule has 2 heterocycles. The quantitative estimate of drug-likeness (QED) is 0.876. The van der Waals surface area contributed by atoms with Crippen LogP contribution >= 0.6 is 0 Å². The molecule has 3 nitrogen and oxygen atoms in total. The first-order valence-electron chi connectivity index (χ1n) is 6.23. The molecule has 0 saturated heterocycles. The molecule has 18 heavy (non-hydrogen) atoms. The van der Waals surface area contributed by atoms with E-state index in [4.69, 9.17) is 10.5 Å². The minimum atomic E-state index is 0.0375. The summed E-state index contributed by atoms with van der Waals surface area (Å²) >= 11 is 0. The monoisotopic (exact) mass is 240 g/mol. The molecule has 1 atom stereocenters. The zero-order chi connectivity index (χ0) is 12.4. The van der Waals surface area contributed by atoms with Crippen molar-refractivity contribution >= 4 is 0 Å². The number of ether oxygens (including phenoxy) is 1. The van der Waals surface area contributed by atoms with Crippen LogP contribution in [-0.2, 0) is 11.2 Å². The Morgan fingerprint density at radius 1 is 1.17 bits per heavy atom. The lowest BCUT2D eigenvalue weighted by Gasteiger charge is -2.25. The van der Waals surface area contributed by atoms with E-state index in [0.717, 1.165) is 13.0 Å². The van der Waals surface area contributed by atoms with Crippen LogP contribution in [0.1, 0.15) is 17.2 Å². The predicted molar refractivity (Wildman–Crippen MR) is 71.1 cm³/mol. The molecular formula is C15H16N2O. The summed E-state index contributed by atoms with van der Waals surface area (Å²) in [5.41, 5.74) is 10.7. The zero-order valence-corrected chi connectivity index (χ0v) is 10.2. The number of hydrogen-bond acceptors (Lipinski definition) is 3. The molecule has 0 aliphatic carbocycles. The highest BCUT2D eigenvalue weighted by atomic mass is 16.5. The van der Waals surface area contributed by atoms with Gasteiger partial charge in [0.25, 0.3) is 0 Å². The van der Waals surface area contributed by atoms with E-state index < -0.39 is 0 Å². The second kappa shape index (κ2) is 4.88. The lowest BCUT2D eigenvalue weighted by atomic mass is 9.93. The Kier molecular flexibility index (Phi) is 3.09. The second-order valence-corrected chi connectivity index (χ2v) is 4.49. The summed E-state index contributed by atoms with van der Waals surface area (Å²) in [5.74, 6) is 0. The topological polar surface area (TPSA) is 48.1 Å². The highest BCUT2D eigenvalue weighted by Gasteiger charge is 2.19. The van der Waals surface area contributed by atoms with E-state index >= 15 is 0 Å². The summed E-state index contributed by atoms with van der Waals surface area (Å²) in [5, 5.41) is 0. The van der Waals surface area contributed by atoms with Gasteiger partial charge in [-0.1, -0.05) is 12.1 Å². The van der Waals surface area contributed by atoms with E-state index in [1.165, 1.54) is 22.3 Å². The number of nitrogens with zero attached hydrogens (tertiary/aromatic N) is 1. The van der Waals surface area contributed by atoms with Crippen molar-refractivity contribution in [1.29, 1.82) is 0 Å². The highest BCUT2D eigenvalue weighted by molar-refractivity contribution is 5.64. The molecule has 92 valence electrons. The first kappa shape index (κ1) is 11.4. The number of pyridine rings is 1. The molecule has 1 aromatic heterocycles. The molecule has 3 rings (SSSR count). The third-order valence-electron chi connectivity index (χ3n) is 3.41. The molecule has 0 fully saturated rings. The Labute approximate surface area is 107 Å². The molecule has 0 spiro atoms. The van der Waals surface area contributed by atoms with Crippen molar-refractivity contribution in [3.63, 3.8) is 0 Å². The molecule has 1 unspecified atom stereocenters. The van der Waals surface area contributed by atoms with Crippen LogP contribution < -0.4 is 5.73 Å². The van der Waals surface area contributed by atoms with Crippen molar-refractivity contribution in [2.24, 2.45) is 5.73 Å². The van der Waals surface area contributed by atoms with Gasteiger partial charge in [-0.3, -0.25) is 4.98 Å². The number of aromatic nitrogens is 1. The Morgan fingerprint density at radius 2 is 2.00 bits per heavy atom. The lowest BCUT2D eigenvalue weighted by Crippen LogP contribution is -2.23. The molecule has 0 saturated carbocycles. The maximum Gasteiger partial charge on any atom is 0.0950 e. The van der Waals surface area contributed by atoms with E-state index in [1.807, 2.05) is 24.5 Å². The fourth-order valence-electron chi connectivity index (χ4n) is 2.44. The van der Waals surface area contributed by atoms with Crippen LogP contribution in [0, 0.1) is 0 Å². The third-order valence-corrected chi connectivity index (χ3v) is 3.41. The molecule has 3 heteroatoms. The van der Waals surface area contributed by atoms with Gasteiger partial charge in [0.05, 0.1) is 12.7 Å². The lowest BCUT2D eigenvalue weighted by molar-refractivity contribution is 0.0485. The van der Waals surface area contributed by atoms with Gasteiger partial charge in [-0.05, 0) is 46.9 Å². The van der Waals surface area contributed by atoms with Crippen LogP contribution in [0.5, 0.6) is 0 Å². The minimum absolute atomic E-state index is 0.0375. The number of nitrogens with two attached hydrogens (primary N) is 1. The van der Waals surface area contributed by atoms with Crippen LogP contribution in [0.3, 0.4) is 0 Å². The van der Waals surface area contributed by atoms with E-state index in [-0.39, 0.29) is 6.10 Å². The molecule has 0 amide bonds. The van der Waals surface area contributed by atoms with Crippen molar-refractivity contribution in [3.05, 3.63) is 53.9 Å². The fourth-order valence-corrected chi connectivity index (χ4v) is 2.44. The van der Waals surface area contributed by atoms with Crippen LogP contribution in [0.2, 0.25) is 0 Å². The largest absolute Gasteiger partial charge is 0.372 e. The van der Waals surface area contributed by atoms with Gasteiger partial charge in [0.1, 0.15) is 0 Å². The van der Waals surface area contributed by atoms with Gasteiger partial charge in [-0.25, -0.2) is 0 Å². The number of fused-ring (bicyclic) bond motifs is 1. The van der Waals surface area contributed by atoms with Crippen LogP contribution in [-0.4, -0.2) is 18.1 Å². The first-order valence-corrected chi connectivity index (χ1v) is 6.23. The Hall–Kier alpha value is -1.71. The van der Waals surface area contributed by atoms with Crippen molar-refractivity contribution in [2.75, 3.05) is 13.2 Å². The van der Waals surface area contributed by atoms with E-state index in [9.17, 15) is 0 Å². The van der Waals surface area contributed by atoms with Gasteiger partial charge >= 0.3 is 0 Å². The maximum absolute atomic E-state index is 5.77. The third kappa shape index (κ3) is 2.03. The summed E-state index contributed by atoms with van der Waals surface area (Å²) in [6.45, 7) is 1.30. The second-order valence-electron chi connectivity index (χ2n) is 4.49. The molecular weight excluding hydrogens is 224 g/mol. The summed E-state index contributed by atoms with van der Waals surface area (Å²) in [4.78, 5) is 4.04. The van der Waals surface area contributed by atoms with Crippen molar-refractivity contribution < 1.29 is 4.74 Å². The summed E-state index contributed by atoms with van der Waals surface area (Å²) in [6.07, 6.45) is 4.63. The van der Waals surface area contributed by atoms with Gasteiger partial charge < -0.3 is 10.5 Å². The van der Waals surface area contributed by atoms with Crippen LogP contribution in [0.25, 0.3) is 11.1 Å². The molecule has 1 aliphatic rings. The number of hydrogen-bond donors (Lipinski definition) is 1. The SMILES string of the molecule is NCC1OCCc2ccc(-c3ccncc3)cc21. The van der Waals surface area contributed by atoms with Crippen LogP contribution in [0.4, 0.5) is 0 Å². The zero-order valence-electron chi connectivity index (χ0n) is 10.2. The Bertz CT molecular complexity index is 539. The van der Waals surface area contributed by atoms with Crippen molar-refractivity contribution in [1.82, 2.24) is 4.98 Å². The molecule has 2 aromatic rings. The van der Waals surface area contributed by atoms with E-state index in [0.29, 0.717) is 6.54 Å². The molecule has 1 aromatic carbocycles. The average molecular weight is 240 g/mol. The standard InChI is InChI=1S/C15H16N2O/c16-10-15-14-9-13(11-3-6-17-7-4-11)2-1-12(14)5-8-18-15/h1-4,6-7,9,15H,5,8,10,16H2. The van der Waals surface area contributed by atoms with Crippen molar-refractivity contribution in [2.45, 2.75) is 12.5 Å². The highest BCUT2D eigenvalue weighted by Crippen LogP contribution is 2.30. The van der Waals surface area contributed by atoms with Gasteiger partial charge in [-0.15, -0.1) is 0 Å². The smallest absolute Gasteiger partial charge is 0.0950 e. The van der Waals surface area contributed by atoms with Gasteiger partial charge in [0.2, 0.25) is 0 Å². The summed E-state index contributed by atoms with van der Waals surface area (Å²) in [7, 11) is 0. The number of benzene rings is 1. The molecule has 2 N–H and O–H groups in total. The Morgan fingerprint density at radius 3 is 2.78 bits per heavy atom. The minimum Gasteiger partial charge on any atom is -0.372 e. The number of rotatable bonds is 2. The van der Waals surface area contributed by atoms with E-state index in [2.05, 4.69) is 23.2 Å². The normalized spacial score (nSPS) is 18.4. The summed E-state index contributed by atoms with van der Waals surface area (Å²) < 4.78 is 5.71. The molecule has 1 aliphatic heterocycles. The molecule has 0 bridgehead atoms. The Balaban J connectivity index is 2.04. The van der Waals surface area contributed by atoms with E-state index in [1.54, 1.807) is 0 Å².